The summed E-state index contributed by atoms with van der Waals surface area (Å²) in [7, 11) is -1.94. The van der Waals surface area contributed by atoms with Crippen molar-refractivity contribution in [2.45, 2.75) is 24.7 Å². The van der Waals surface area contributed by atoms with Crippen LogP contribution in [0, 0.1) is 5.92 Å². The van der Waals surface area contributed by atoms with Gasteiger partial charge in [-0.2, -0.15) is 0 Å². The molecular formula is C23H30N2O3S. The lowest BCUT2D eigenvalue weighted by Gasteiger charge is -2.33. The first-order chi connectivity index (χ1) is 14.0. The quantitative estimate of drug-likeness (QED) is 0.714. The van der Waals surface area contributed by atoms with E-state index in [0.29, 0.717) is 18.2 Å². The number of rotatable bonds is 8. The van der Waals surface area contributed by atoms with E-state index in [4.69, 9.17) is 4.74 Å². The molecule has 2 aromatic carbocycles. The molecule has 0 radical (unpaired) electrons. The molecule has 0 amide bonds. The zero-order valence-electron chi connectivity index (χ0n) is 17.2. The molecule has 6 heteroatoms. The molecule has 0 saturated carbocycles. The van der Waals surface area contributed by atoms with E-state index in [1.165, 1.54) is 11.1 Å². The van der Waals surface area contributed by atoms with Crippen molar-refractivity contribution in [3.63, 3.8) is 0 Å². The van der Waals surface area contributed by atoms with E-state index in [1.807, 2.05) is 18.2 Å². The molecule has 2 aromatic rings. The molecule has 3 rings (SSSR count). The minimum atomic E-state index is -3.50. The van der Waals surface area contributed by atoms with Crippen LogP contribution in [0.2, 0.25) is 0 Å². The zero-order chi connectivity index (χ0) is 20.7. The van der Waals surface area contributed by atoms with E-state index in [9.17, 15) is 8.42 Å². The molecule has 29 heavy (non-hydrogen) atoms. The maximum absolute atomic E-state index is 12.6. The highest BCUT2D eigenvalue weighted by Gasteiger charge is 2.22. The summed E-state index contributed by atoms with van der Waals surface area (Å²) in [4.78, 5) is 2.69. The second-order valence-corrected chi connectivity index (χ2v) is 9.44. The highest BCUT2D eigenvalue weighted by molar-refractivity contribution is 7.89. The van der Waals surface area contributed by atoms with E-state index in [-0.39, 0.29) is 4.90 Å². The van der Waals surface area contributed by atoms with Gasteiger partial charge in [0.15, 0.2) is 0 Å². The Balaban J connectivity index is 1.53. The lowest BCUT2D eigenvalue weighted by atomic mass is 9.98. The van der Waals surface area contributed by atoms with Crippen LogP contribution in [-0.2, 0) is 10.0 Å². The highest BCUT2D eigenvalue weighted by Crippen LogP contribution is 2.19. The van der Waals surface area contributed by atoms with Crippen molar-refractivity contribution in [3.05, 3.63) is 65.7 Å². The second kappa shape index (κ2) is 10.1. The summed E-state index contributed by atoms with van der Waals surface area (Å²) in [6.07, 6.45) is 4.35. The molecule has 0 aromatic heterocycles. The van der Waals surface area contributed by atoms with E-state index in [2.05, 4.69) is 34.8 Å². The fraction of sp³-hybridized carbons (Fsp3) is 0.391. The van der Waals surface area contributed by atoms with Crippen molar-refractivity contribution in [3.8, 4) is 5.75 Å². The third kappa shape index (κ3) is 6.42. The van der Waals surface area contributed by atoms with Crippen LogP contribution in [0.4, 0.5) is 0 Å². The number of nitrogens with one attached hydrogen (secondary N) is 1. The molecule has 1 atom stereocenters. The summed E-state index contributed by atoms with van der Waals surface area (Å²) < 4.78 is 33.0. The summed E-state index contributed by atoms with van der Waals surface area (Å²) in [6.45, 7) is 5.50. The number of piperidine rings is 1. The van der Waals surface area contributed by atoms with Crippen molar-refractivity contribution in [2.24, 2.45) is 5.92 Å². The largest absolute Gasteiger partial charge is 0.497 e. The van der Waals surface area contributed by atoms with Gasteiger partial charge >= 0.3 is 0 Å². The number of likely N-dealkylation sites (tertiary alicyclic amines) is 1. The van der Waals surface area contributed by atoms with Gasteiger partial charge in [-0.1, -0.05) is 42.0 Å². The Morgan fingerprint density at radius 1 is 1.17 bits per heavy atom. The van der Waals surface area contributed by atoms with Gasteiger partial charge in [0.1, 0.15) is 5.75 Å². The molecular weight excluding hydrogens is 384 g/mol. The van der Waals surface area contributed by atoms with Crippen LogP contribution >= 0.6 is 0 Å². The predicted molar refractivity (Wildman–Crippen MR) is 117 cm³/mol. The average Bonchev–Trinajstić information content (AvgIpc) is 2.73. The molecule has 1 fully saturated rings. The van der Waals surface area contributed by atoms with Crippen LogP contribution in [-0.4, -0.2) is 46.6 Å². The molecule has 1 saturated heterocycles. The fourth-order valence-electron chi connectivity index (χ4n) is 3.76. The number of hydrogen-bond donors (Lipinski definition) is 1. The summed E-state index contributed by atoms with van der Waals surface area (Å²) in [5, 5.41) is 0. The van der Waals surface area contributed by atoms with E-state index in [1.54, 1.807) is 31.4 Å². The first-order valence-corrected chi connectivity index (χ1v) is 11.5. The molecule has 0 bridgehead atoms. The van der Waals surface area contributed by atoms with Gasteiger partial charge in [0.2, 0.25) is 10.0 Å². The average molecular weight is 415 g/mol. The molecule has 5 nitrogen and oxygen atoms in total. The topological polar surface area (TPSA) is 58.6 Å². The monoisotopic (exact) mass is 414 g/mol. The molecule has 1 aliphatic rings. The van der Waals surface area contributed by atoms with Gasteiger partial charge in [-0.3, -0.25) is 4.90 Å². The van der Waals surface area contributed by atoms with Crippen molar-refractivity contribution in [1.29, 1.82) is 0 Å². The van der Waals surface area contributed by atoms with Crippen molar-refractivity contribution >= 4 is 16.1 Å². The van der Waals surface area contributed by atoms with Gasteiger partial charge in [0.25, 0.3) is 0 Å². The van der Waals surface area contributed by atoms with E-state index in [0.717, 1.165) is 32.5 Å². The minimum absolute atomic E-state index is 0.271. The van der Waals surface area contributed by atoms with Gasteiger partial charge in [-0.25, -0.2) is 13.1 Å². The van der Waals surface area contributed by atoms with Gasteiger partial charge in [-0.05, 0) is 62.1 Å². The third-order valence-electron chi connectivity index (χ3n) is 5.22. The van der Waals surface area contributed by atoms with E-state index >= 15 is 0 Å². The second-order valence-electron chi connectivity index (χ2n) is 7.67. The lowest BCUT2D eigenvalue weighted by molar-refractivity contribution is 0.189. The normalized spacial score (nSPS) is 18.6. The third-order valence-corrected chi connectivity index (χ3v) is 6.66. The van der Waals surface area contributed by atoms with Crippen molar-refractivity contribution in [1.82, 2.24) is 9.62 Å². The molecule has 0 aliphatic carbocycles. The number of hydrogen-bond acceptors (Lipinski definition) is 4. The number of benzene rings is 2. The lowest BCUT2D eigenvalue weighted by Crippen LogP contribution is -2.41. The van der Waals surface area contributed by atoms with Crippen LogP contribution in [0.25, 0.3) is 6.08 Å². The highest BCUT2D eigenvalue weighted by atomic mass is 32.2. The molecule has 1 aliphatic heterocycles. The van der Waals surface area contributed by atoms with Crippen LogP contribution in [0.1, 0.15) is 25.3 Å². The van der Waals surface area contributed by atoms with Gasteiger partial charge in [0.05, 0.1) is 12.0 Å². The minimum Gasteiger partial charge on any atom is -0.497 e. The Morgan fingerprint density at radius 3 is 2.59 bits per heavy atom. The van der Waals surface area contributed by atoms with Gasteiger partial charge in [-0.15, -0.1) is 0 Å². The maximum atomic E-state index is 12.6. The molecule has 1 N–H and O–H groups in total. The molecule has 1 heterocycles. The predicted octanol–water partition coefficient (Wildman–Crippen LogP) is 3.79. The number of methoxy groups -OCH3 is 1. The maximum Gasteiger partial charge on any atom is 0.240 e. The van der Waals surface area contributed by atoms with Crippen LogP contribution in [0.15, 0.2) is 65.1 Å². The SMILES string of the molecule is COc1ccc(S(=O)(=O)NCC2CCCN(C/C(C)=C/c3ccccc3)C2)cc1. The first kappa shape index (κ1) is 21.6. The summed E-state index contributed by atoms with van der Waals surface area (Å²) >= 11 is 0. The zero-order valence-corrected chi connectivity index (χ0v) is 18.0. The molecule has 156 valence electrons. The standard InChI is InChI=1S/C23H30N2O3S/c1-19(15-20-7-4-3-5-8-20)17-25-14-6-9-21(18-25)16-24-29(26,27)23-12-10-22(28-2)11-13-23/h3-5,7-8,10-13,15,21,24H,6,9,14,16-18H2,1-2H3/b19-15+. The first-order valence-electron chi connectivity index (χ1n) is 10.0. The summed E-state index contributed by atoms with van der Waals surface area (Å²) in [5.74, 6) is 0.965. The summed E-state index contributed by atoms with van der Waals surface area (Å²) in [6, 6.07) is 16.8. The fourth-order valence-corrected chi connectivity index (χ4v) is 4.88. The Kier molecular flexibility index (Phi) is 7.47. The number of sulfonamides is 1. The van der Waals surface area contributed by atoms with Crippen molar-refractivity contribution < 1.29 is 13.2 Å². The van der Waals surface area contributed by atoms with Gasteiger partial charge < -0.3 is 4.74 Å². The number of nitrogens with zero attached hydrogens (tertiary/aromatic N) is 1. The van der Waals surface area contributed by atoms with Crippen LogP contribution in [0.5, 0.6) is 5.75 Å². The van der Waals surface area contributed by atoms with Crippen molar-refractivity contribution in [2.75, 3.05) is 33.3 Å². The van der Waals surface area contributed by atoms with Gasteiger partial charge in [0, 0.05) is 19.6 Å². The Hall–Kier alpha value is -2.15. The van der Waals surface area contributed by atoms with E-state index < -0.39 is 10.0 Å². The van der Waals surface area contributed by atoms with Crippen LogP contribution in [0.3, 0.4) is 0 Å². The molecule has 1 unspecified atom stereocenters. The van der Waals surface area contributed by atoms with Crippen LogP contribution < -0.4 is 9.46 Å². The number of ether oxygens (including phenoxy) is 1. The smallest absolute Gasteiger partial charge is 0.240 e. The Labute approximate surface area is 174 Å². The Bertz CT molecular complexity index is 909. The summed E-state index contributed by atoms with van der Waals surface area (Å²) in [5.41, 5.74) is 2.53. The Morgan fingerprint density at radius 2 is 1.90 bits per heavy atom. The molecule has 0 spiro atoms.